The van der Waals surface area contributed by atoms with Crippen LogP contribution in [-0.2, 0) is 4.74 Å². The molecule has 2 unspecified atom stereocenters. The third-order valence-corrected chi connectivity index (χ3v) is 4.29. The van der Waals surface area contributed by atoms with E-state index < -0.39 is 0 Å². The molecule has 0 spiro atoms. The zero-order valence-electron chi connectivity index (χ0n) is 14.0. The fourth-order valence-corrected chi connectivity index (χ4v) is 2.95. The van der Waals surface area contributed by atoms with Gasteiger partial charge in [-0.3, -0.25) is 4.99 Å². The lowest BCUT2D eigenvalue weighted by Gasteiger charge is -2.39. The second-order valence-electron chi connectivity index (χ2n) is 5.81. The van der Waals surface area contributed by atoms with Crippen LogP contribution in [-0.4, -0.2) is 60.3 Å². The molecule has 1 aromatic rings. The van der Waals surface area contributed by atoms with E-state index in [0.29, 0.717) is 12.0 Å². The zero-order valence-corrected chi connectivity index (χ0v) is 14.0. The van der Waals surface area contributed by atoms with Gasteiger partial charge in [-0.15, -0.1) is 0 Å². The van der Waals surface area contributed by atoms with Gasteiger partial charge in [-0.1, -0.05) is 6.92 Å². The molecular formula is C16H29N5O. The number of aliphatic imine (C=N–C) groups is 1. The third-order valence-electron chi connectivity index (χ3n) is 4.29. The Bertz CT molecular complexity index is 445. The molecule has 0 saturated carbocycles. The predicted octanol–water partition coefficient (Wildman–Crippen LogP) is 1.77. The van der Waals surface area contributed by atoms with Crippen LogP contribution >= 0.6 is 0 Å². The Labute approximate surface area is 133 Å². The topological polar surface area (TPSA) is 54.7 Å². The molecular weight excluding hydrogens is 278 g/mol. The monoisotopic (exact) mass is 307 g/mol. The minimum atomic E-state index is 0.457. The number of aromatic nitrogens is 2. The summed E-state index contributed by atoms with van der Waals surface area (Å²) in [4.78, 5) is 11.0. The summed E-state index contributed by atoms with van der Waals surface area (Å²) in [5.74, 6) is 1.65. The maximum absolute atomic E-state index is 5.37. The van der Waals surface area contributed by atoms with E-state index in [1.165, 1.54) is 6.42 Å². The molecule has 2 rings (SSSR count). The van der Waals surface area contributed by atoms with E-state index in [2.05, 4.69) is 37.9 Å². The Kier molecular flexibility index (Phi) is 6.71. The molecule has 1 N–H and O–H groups in total. The molecule has 2 atom stereocenters. The summed E-state index contributed by atoms with van der Waals surface area (Å²) < 4.78 is 7.59. The van der Waals surface area contributed by atoms with Crippen molar-refractivity contribution in [2.45, 2.75) is 32.7 Å². The largest absolute Gasteiger partial charge is 0.382 e. The number of hydrogen-bond donors (Lipinski definition) is 1. The number of nitrogens with one attached hydrogen (secondary N) is 1. The van der Waals surface area contributed by atoms with Crippen LogP contribution in [0.5, 0.6) is 0 Å². The Hall–Kier alpha value is -1.56. The Morgan fingerprint density at radius 1 is 1.50 bits per heavy atom. The van der Waals surface area contributed by atoms with E-state index in [9.17, 15) is 0 Å². The molecule has 2 heterocycles. The van der Waals surface area contributed by atoms with E-state index >= 15 is 0 Å². The van der Waals surface area contributed by atoms with Crippen molar-refractivity contribution >= 4 is 5.96 Å². The molecule has 1 saturated heterocycles. The predicted molar refractivity (Wildman–Crippen MR) is 89.1 cm³/mol. The summed E-state index contributed by atoms with van der Waals surface area (Å²) >= 11 is 0. The molecule has 0 radical (unpaired) electrons. The number of guanidine groups is 1. The van der Waals surface area contributed by atoms with Gasteiger partial charge in [-0.2, -0.15) is 0 Å². The average molecular weight is 307 g/mol. The zero-order chi connectivity index (χ0) is 15.8. The molecule has 1 aliphatic heterocycles. The number of hydrogen-bond acceptors (Lipinski definition) is 3. The Morgan fingerprint density at radius 2 is 2.36 bits per heavy atom. The van der Waals surface area contributed by atoms with Crippen LogP contribution in [0.2, 0.25) is 0 Å². The first-order valence-electron chi connectivity index (χ1n) is 8.27. The summed E-state index contributed by atoms with van der Waals surface area (Å²) in [7, 11) is 1.86. The van der Waals surface area contributed by atoms with Crippen LogP contribution in [0.4, 0.5) is 0 Å². The van der Waals surface area contributed by atoms with E-state index in [4.69, 9.17) is 4.74 Å². The lowest BCUT2D eigenvalue weighted by Crippen LogP contribution is -2.49. The number of rotatable bonds is 6. The fraction of sp³-hybridized carbons (Fsp3) is 0.750. The molecule has 124 valence electrons. The number of nitrogens with zero attached hydrogens (tertiary/aromatic N) is 4. The van der Waals surface area contributed by atoms with Gasteiger partial charge >= 0.3 is 0 Å². The van der Waals surface area contributed by atoms with Gasteiger partial charge in [0.25, 0.3) is 0 Å². The summed E-state index contributed by atoms with van der Waals surface area (Å²) in [6.45, 7) is 8.85. The lowest BCUT2D eigenvalue weighted by atomic mass is 9.93. The van der Waals surface area contributed by atoms with Crippen LogP contribution in [0.3, 0.4) is 0 Å². The lowest BCUT2D eigenvalue weighted by molar-refractivity contribution is 0.145. The first-order chi connectivity index (χ1) is 10.8. The van der Waals surface area contributed by atoms with Gasteiger partial charge in [0.1, 0.15) is 0 Å². The Morgan fingerprint density at radius 3 is 3.05 bits per heavy atom. The van der Waals surface area contributed by atoms with Crippen molar-refractivity contribution in [3.8, 4) is 0 Å². The van der Waals surface area contributed by atoms with Crippen LogP contribution in [0, 0.1) is 5.92 Å². The normalized spacial score (nSPS) is 22.9. The highest BCUT2D eigenvalue weighted by Crippen LogP contribution is 2.27. The summed E-state index contributed by atoms with van der Waals surface area (Å²) in [5.41, 5.74) is 0. The molecule has 1 aliphatic rings. The van der Waals surface area contributed by atoms with Crippen LogP contribution < -0.4 is 5.32 Å². The van der Waals surface area contributed by atoms with Crippen molar-refractivity contribution in [2.24, 2.45) is 10.9 Å². The number of piperidine rings is 1. The second kappa shape index (κ2) is 8.78. The molecule has 6 heteroatoms. The first-order valence-corrected chi connectivity index (χ1v) is 8.27. The van der Waals surface area contributed by atoms with E-state index in [0.717, 1.165) is 45.2 Å². The van der Waals surface area contributed by atoms with Gasteiger partial charge in [0.15, 0.2) is 5.96 Å². The van der Waals surface area contributed by atoms with Crippen LogP contribution in [0.15, 0.2) is 23.7 Å². The standard InChI is InChI=1S/C16H29N5O/c1-4-22-11-5-7-19-16(17-3)20-9-6-14(2)15(12-20)21-10-8-18-13-21/h8,10,13-15H,4-7,9,11-12H2,1-3H3,(H,17,19). The maximum atomic E-state index is 5.37. The van der Waals surface area contributed by atoms with E-state index in [1.807, 2.05) is 26.5 Å². The third kappa shape index (κ3) is 4.47. The molecule has 0 aliphatic carbocycles. The van der Waals surface area contributed by atoms with Crippen molar-refractivity contribution in [2.75, 3.05) is 39.9 Å². The molecule has 0 aromatic carbocycles. The SMILES string of the molecule is CCOCCCNC(=NC)N1CCC(C)C(n2ccnc2)C1. The number of ether oxygens (including phenoxy) is 1. The van der Waals surface area contributed by atoms with E-state index in [1.54, 1.807) is 0 Å². The van der Waals surface area contributed by atoms with Gasteiger partial charge in [-0.05, 0) is 25.7 Å². The number of imidazole rings is 1. The van der Waals surface area contributed by atoms with Crippen molar-refractivity contribution in [3.63, 3.8) is 0 Å². The molecule has 0 amide bonds. The summed E-state index contributed by atoms with van der Waals surface area (Å²) in [6.07, 6.45) is 8.00. The highest BCUT2D eigenvalue weighted by molar-refractivity contribution is 5.80. The van der Waals surface area contributed by atoms with Crippen molar-refractivity contribution < 1.29 is 4.74 Å². The van der Waals surface area contributed by atoms with Gasteiger partial charge < -0.3 is 19.5 Å². The van der Waals surface area contributed by atoms with Crippen LogP contribution in [0.25, 0.3) is 0 Å². The molecule has 1 aromatic heterocycles. The van der Waals surface area contributed by atoms with Crippen molar-refractivity contribution in [3.05, 3.63) is 18.7 Å². The highest BCUT2D eigenvalue weighted by atomic mass is 16.5. The Balaban J connectivity index is 1.87. The molecule has 22 heavy (non-hydrogen) atoms. The van der Waals surface area contributed by atoms with E-state index in [-0.39, 0.29) is 0 Å². The van der Waals surface area contributed by atoms with Crippen molar-refractivity contribution in [1.29, 1.82) is 0 Å². The summed E-state index contributed by atoms with van der Waals surface area (Å²) in [5, 5.41) is 3.45. The van der Waals surface area contributed by atoms with Gasteiger partial charge in [0.2, 0.25) is 0 Å². The summed E-state index contributed by atoms with van der Waals surface area (Å²) in [6, 6.07) is 0.457. The van der Waals surface area contributed by atoms with Gasteiger partial charge in [0.05, 0.1) is 12.4 Å². The average Bonchev–Trinajstić information content (AvgIpc) is 3.06. The smallest absolute Gasteiger partial charge is 0.193 e. The maximum Gasteiger partial charge on any atom is 0.193 e. The van der Waals surface area contributed by atoms with Crippen LogP contribution in [0.1, 0.15) is 32.7 Å². The first kappa shape index (κ1) is 16.8. The molecule has 0 bridgehead atoms. The van der Waals surface area contributed by atoms with Gasteiger partial charge in [-0.25, -0.2) is 4.98 Å². The molecule has 1 fully saturated rings. The highest BCUT2D eigenvalue weighted by Gasteiger charge is 2.28. The number of likely N-dealkylation sites (tertiary alicyclic amines) is 1. The molecule has 6 nitrogen and oxygen atoms in total. The minimum Gasteiger partial charge on any atom is -0.382 e. The quantitative estimate of drug-likeness (QED) is 0.494. The van der Waals surface area contributed by atoms with Crippen molar-refractivity contribution in [1.82, 2.24) is 19.8 Å². The fourth-order valence-electron chi connectivity index (χ4n) is 2.95. The second-order valence-corrected chi connectivity index (χ2v) is 5.81. The van der Waals surface area contributed by atoms with Gasteiger partial charge in [0, 0.05) is 52.3 Å². The minimum absolute atomic E-state index is 0.457.